The van der Waals surface area contributed by atoms with Crippen LogP contribution >= 0.6 is 22.6 Å². The van der Waals surface area contributed by atoms with Gasteiger partial charge in [0.05, 0.1) is 31.5 Å². The van der Waals surface area contributed by atoms with Crippen molar-refractivity contribution in [1.82, 2.24) is 5.32 Å². The number of nitrogens with one attached hydrogen (secondary N) is 4. The molecule has 3 rings (SSSR count). The van der Waals surface area contributed by atoms with E-state index >= 15 is 0 Å². The van der Waals surface area contributed by atoms with Crippen molar-refractivity contribution in [3.8, 4) is 11.5 Å². The summed E-state index contributed by atoms with van der Waals surface area (Å²) in [7, 11) is 0. The van der Waals surface area contributed by atoms with Crippen LogP contribution in [0, 0.1) is 18.3 Å². The molecule has 0 spiro atoms. The maximum absolute atomic E-state index is 13.5. The smallest absolute Gasteiger partial charge is 0.412 e. The lowest BCUT2D eigenvalue weighted by Gasteiger charge is -2.20. The Labute approximate surface area is 294 Å². The number of carbonyl (C=O) groups excluding carboxylic acids is 3. The maximum Gasteiger partial charge on any atom is 0.412 e. The first-order valence-corrected chi connectivity index (χ1v) is 17.0. The van der Waals surface area contributed by atoms with E-state index in [0.717, 1.165) is 9.99 Å². The molecule has 1 atom stereocenters. The molecule has 5 N–H and O–H groups in total. The van der Waals surface area contributed by atoms with Crippen molar-refractivity contribution < 1.29 is 38.4 Å². The average Bonchev–Trinajstić information content (AvgIpc) is 3.05. The van der Waals surface area contributed by atoms with Crippen molar-refractivity contribution in [1.29, 1.82) is 5.41 Å². The lowest BCUT2D eigenvalue weighted by atomic mass is 10.1. The Morgan fingerprint density at radius 3 is 2.38 bits per heavy atom. The second-order valence-corrected chi connectivity index (χ2v) is 12.2. The van der Waals surface area contributed by atoms with Gasteiger partial charge in [0.1, 0.15) is 5.84 Å². The van der Waals surface area contributed by atoms with E-state index in [4.69, 9.17) is 24.4 Å². The van der Waals surface area contributed by atoms with Gasteiger partial charge in [0.25, 0.3) is 5.91 Å². The highest BCUT2D eigenvalue weighted by molar-refractivity contribution is 14.1. The molecule has 0 aliphatic heterocycles. The summed E-state index contributed by atoms with van der Waals surface area (Å²) in [5.41, 5.74) is 3.90. The summed E-state index contributed by atoms with van der Waals surface area (Å²) in [5, 5.41) is 26.7. The number of alkyl halides is 1. The number of aryl methyl sites for hydroxylation is 1. The van der Waals surface area contributed by atoms with E-state index in [2.05, 4.69) is 38.5 Å². The lowest BCUT2D eigenvalue weighted by molar-refractivity contribution is -0.145. The monoisotopic (exact) mass is 774 g/mol. The predicted octanol–water partition coefficient (Wildman–Crippen LogP) is 6.20. The zero-order chi connectivity index (χ0) is 35.2. The number of benzene rings is 3. The van der Waals surface area contributed by atoms with Crippen molar-refractivity contribution >= 4 is 57.8 Å². The van der Waals surface area contributed by atoms with Crippen molar-refractivity contribution in [2.45, 2.75) is 53.9 Å². The molecule has 0 aromatic heterocycles. The van der Waals surface area contributed by atoms with E-state index in [1.165, 1.54) is 0 Å². The van der Waals surface area contributed by atoms with Gasteiger partial charge in [0.15, 0.2) is 18.1 Å². The third-order valence-electron chi connectivity index (χ3n) is 6.69. The van der Waals surface area contributed by atoms with Crippen LogP contribution in [0.15, 0.2) is 54.6 Å². The van der Waals surface area contributed by atoms with E-state index in [1.807, 2.05) is 33.8 Å². The van der Waals surface area contributed by atoms with E-state index in [9.17, 15) is 19.5 Å². The Morgan fingerprint density at radius 1 is 1.00 bits per heavy atom. The number of aliphatic hydroxyl groups excluding tert-OH is 1. The minimum Gasteiger partial charge on any atom is -0.487 e. The van der Waals surface area contributed by atoms with Crippen LogP contribution in [0.3, 0.4) is 0 Å². The second kappa shape index (κ2) is 18.8. The molecule has 13 heteroatoms. The number of hydrogen-bond donors (Lipinski definition) is 5. The van der Waals surface area contributed by atoms with E-state index in [0.29, 0.717) is 45.1 Å². The van der Waals surface area contributed by atoms with Crippen LogP contribution in [0.5, 0.6) is 11.5 Å². The molecule has 0 radical (unpaired) electrons. The summed E-state index contributed by atoms with van der Waals surface area (Å²) in [4.78, 5) is 37.6. The van der Waals surface area contributed by atoms with Crippen molar-refractivity contribution in [3.63, 3.8) is 0 Å². The van der Waals surface area contributed by atoms with Crippen molar-refractivity contribution in [2.24, 2.45) is 5.92 Å². The van der Waals surface area contributed by atoms with Gasteiger partial charge in [-0.25, -0.2) is 9.59 Å². The lowest BCUT2D eigenvalue weighted by Crippen LogP contribution is -2.32. The van der Waals surface area contributed by atoms with E-state index in [1.54, 1.807) is 55.5 Å². The Morgan fingerprint density at radius 2 is 1.73 bits per heavy atom. The molecule has 258 valence electrons. The number of aliphatic hydroxyl groups is 1. The highest BCUT2D eigenvalue weighted by atomic mass is 127. The van der Waals surface area contributed by atoms with E-state index < -0.39 is 12.1 Å². The summed E-state index contributed by atoms with van der Waals surface area (Å²) >= 11 is 2.22. The molecule has 0 fully saturated rings. The zero-order valence-electron chi connectivity index (χ0n) is 27.8. The quantitative estimate of drug-likeness (QED) is 0.0374. The second-order valence-electron chi connectivity index (χ2n) is 11.3. The minimum atomic E-state index is -0.696. The Kier molecular flexibility index (Phi) is 14.9. The van der Waals surface area contributed by atoms with Gasteiger partial charge < -0.3 is 34.7 Å². The van der Waals surface area contributed by atoms with Gasteiger partial charge in [-0.3, -0.25) is 15.5 Å². The molecule has 0 heterocycles. The topological polar surface area (TPSA) is 168 Å². The average molecular weight is 775 g/mol. The van der Waals surface area contributed by atoms with E-state index in [-0.39, 0.29) is 56.7 Å². The third kappa shape index (κ3) is 11.7. The Hall–Kier alpha value is -4.37. The first kappa shape index (κ1) is 38.1. The molecule has 12 nitrogen and oxygen atoms in total. The fourth-order valence-electron chi connectivity index (χ4n) is 4.37. The number of anilines is 2. The molecule has 0 saturated heterocycles. The molecule has 3 aromatic carbocycles. The molecule has 0 aliphatic rings. The molecular formula is C35H43IN4O8. The Balaban J connectivity index is 1.77. The van der Waals surface area contributed by atoms with Gasteiger partial charge >= 0.3 is 12.1 Å². The number of esters is 1. The van der Waals surface area contributed by atoms with Crippen LogP contribution in [0.4, 0.5) is 16.2 Å². The van der Waals surface area contributed by atoms with Gasteiger partial charge in [0.2, 0.25) is 0 Å². The van der Waals surface area contributed by atoms with Crippen LogP contribution in [0.2, 0.25) is 0 Å². The van der Waals surface area contributed by atoms with Gasteiger partial charge in [-0.05, 0) is 87.7 Å². The fraction of sp³-hybridized carbons (Fsp3) is 0.371. The number of ether oxygens (including phenoxy) is 4. The largest absolute Gasteiger partial charge is 0.487 e. The molecule has 2 amide bonds. The summed E-state index contributed by atoms with van der Waals surface area (Å²) in [6.45, 7) is 9.34. The number of alkyl carbamates (subject to hydrolysis) is 1. The Bertz CT molecular complexity index is 1580. The SMILES string of the molecule is CCOC(=O)COc1c(CNc2ccc(C)cc2C(=O)Nc2ccc(C(=N)NC(=O)OCC(C)CI)cc2)cc(CO)cc1OC(C)C. The van der Waals surface area contributed by atoms with Crippen molar-refractivity contribution in [2.75, 3.05) is 34.9 Å². The number of halogens is 1. The highest BCUT2D eigenvalue weighted by Gasteiger charge is 2.19. The van der Waals surface area contributed by atoms with Crippen LogP contribution in [-0.4, -0.2) is 59.3 Å². The molecule has 3 aromatic rings. The molecule has 0 bridgehead atoms. The molecule has 1 unspecified atom stereocenters. The fourth-order valence-corrected chi connectivity index (χ4v) is 4.62. The van der Waals surface area contributed by atoms with Crippen LogP contribution < -0.4 is 25.4 Å². The van der Waals surface area contributed by atoms with Crippen molar-refractivity contribution in [3.05, 3.63) is 82.4 Å². The molecule has 48 heavy (non-hydrogen) atoms. The minimum absolute atomic E-state index is 0.122. The summed E-state index contributed by atoms with van der Waals surface area (Å²) in [6.07, 6.45) is -0.901. The van der Waals surface area contributed by atoms with Crippen LogP contribution in [0.1, 0.15) is 60.3 Å². The summed E-state index contributed by atoms with van der Waals surface area (Å²) < 4.78 is 22.8. The zero-order valence-corrected chi connectivity index (χ0v) is 29.9. The predicted molar refractivity (Wildman–Crippen MR) is 193 cm³/mol. The van der Waals surface area contributed by atoms with Crippen LogP contribution in [0.25, 0.3) is 0 Å². The number of rotatable bonds is 16. The van der Waals surface area contributed by atoms with Gasteiger partial charge in [-0.2, -0.15) is 0 Å². The molecule has 0 aliphatic carbocycles. The molecule has 0 saturated carbocycles. The number of carbonyl (C=O) groups is 3. The van der Waals surface area contributed by atoms with Gasteiger partial charge in [-0.15, -0.1) is 0 Å². The normalized spacial score (nSPS) is 11.3. The first-order valence-electron chi connectivity index (χ1n) is 15.5. The number of hydrogen-bond acceptors (Lipinski definition) is 10. The molecular weight excluding hydrogens is 731 g/mol. The summed E-state index contributed by atoms with van der Waals surface area (Å²) in [5.74, 6) is -0.125. The van der Waals surface area contributed by atoms with Gasteiger partial charge in [-0.1, -0.05) is 41.1 Å². The third-order valence-corrected chi connectivity index (χ3v) is 8.19. The highest BCUT2D eigenvalue weighted by Crippen LogP contribution is 2.35. The van der Waals surface area contributed by atoms with Crippen LogP contribution in [-0.2, 0) is 27.4 Å². The standard InChI is InChI=1S/C35H43IN4O8/c1-6-45-31(42)20-46-32-26(14-24(18-41)15-30(32)48-21(2)3)17-38-29-12-7-22(4)13-28(29)34(43)39-27-10-8-25(9-11-27)33(37)40-35(44)47-19-23(5)16-36/h7-15,21,23,38,41H,6,16-20H2,1-5H3,(H,39,43)(H2,37,40,44). The first-order chi connectivity index (χ1) is 22.9. The van der Waals surface area contributed by atoms with Gasteiger partial charge in [0, 0.05) is 33.5 Å². The number of amidine groups is 1. The number of amides is 2. The summed E-state index contributed by atoms with van der Waals surface area (Å²) in [6, 6.07) is 15.3. The maximum atomic E-state index is 13.5.